The predicted octanol–water partition coefficient (Wildman–Crippen LogP) is 2.93. The minimum Gasteiger partial charge on any atom is -0.398 e. The molecule has 3 nitrogen and oxygen atoms in total. The Morgan fingerprint density at radius 2 is 2.12 bits per heavy atom. The van der Waals surface area contributed by atoms with E-state index in [0.717, 1.165) is 18.7 Å². The summed E-state index contributed by atoms with van der Waals surface area (Å²) in [6, 6.07) is 5.49. The van der Waals surface area contributed by atoms with Crippen molar-refractivity contribution in [1.29, 1.82) is 0 Å². The molecule has 0 spiro atoms. The third-order valence-electron chi connectivity index (χ3n) is 2.48. The minimum absolute atomic E-state index is 0.00464. The number of benzene rings is 1. The lowest BCUT2D eigenvalue weighted by atomic mass is 10.1. The highest BCUT2D eigenvalue weighted by atomic mass is 16.1. The van der Waals surface area contributed by atoms with Crippen LogP contribution in [-0.2, 0) is 0 Å². The first-order valence-corrected chi connectivity index (χ1v) is 5.65. The van der Waals surface area contributed by atoms with Gasteiger partial charge in [-0.2, -0.15) is 0 Å². The smallest absolute Gasteiger partial charge is 0.161 e. The van der Waals surface area contributed by atoms with E-state index < -0.39 is 0 Å². The fourth-order valence-corrected chi connectivity index (χ4v) is 1.48. The second-order valence-corrected chi connectivity index (χ2v) is 4.47. The van der Waals surface area contributed by atoms with E-state index in [1.807, 2.05) is 12.1 Å². The average molecular weight is 220 g/mol. The van der Waals surface area contributed by atoms with Gasteiger partial charge in [0.2, 0.25) is 0 Å². The molecule has 0 saturated heterocycles. The fraction of sp³-hybridized carbons (Fsp3) is 0.462. The van der Waals surface area contributed by atoms with Gasteiger partial charge in [0.15, 0.2) is 5.78 Å². The van der Waals surface area contributed by atoms with E-state index in [1.165, 1.54) is 6.92 Å². The van der Waals surface area contributed by atoms with Gasteiger partial charge in [-0.25, -0.2) is 0 Å². The molecule has 3 heteroatoms. The number of hydrogen-bond donors (Lipinski definition) is 2. The average Bonchev–Trinajstić information content (AvgIpc) is 2.19. The van der Waals surface area contributed by atoms with Gasteiger partial charge in [-0.1, -0.05) is 13.8 Å². The molecule has 0 aliphatic heterocycles. The van der Waals surface area contributed by atoms with Crippen molar-refractivity contribution in [2.75, 3.05) is 17.6 Å². The topological polar surface area (TPSA) is 55.1 Å². The summed E-state index contributed by atoms with van der Waals surface area (Å²) in [7, 11) is 0. The summed E-state index contributed by atoms with van der Waals surface area (Å²) < 4.78 is 0. The molecule has 0 aliphatic carbocycles. The first-order chi connectivity index (χ1) is 7.50. The van der Waals surface area contributed by atoms with Crippen LogP contribution in [0.5, 0.6) is 0 Å². The monoisotopic (exact) mass is 220 g/mol. The highest BCUT2D eigenvalue weighted by Crippen LogP contribution is 2.18. The van der Waals surface area contributed by atoms with Crippen molar-refractivity contribution in [3.63, 3.8) is 0 Å². The highest BCUT2D eigenvalue weighted by Gasteiger charge is 2.05. The van der Waals surface area contributed by atoms with E-state index in [2.05, 4.69) is 19.2 Å². The molecule has 88 valence electrons. The number of Topliss-reactive ketones (excluding diaryl/α,β-unsaturated/α-hetero) is 1. The van der Waals surface area contributed by atoms with Crippen molar-refractivity contribution in [2.24, 2.45) is 5.92 Å². The quantitative estimate of drug-likeness (QED) is 0.592. The summed E-state index contributed by atoms with van der Waals surface area (Å²) in [4.78, 5) is 11.3. The van der Waals surface area contributed by atoms with Crippen LogP contribution in [0.2, 0.25) is 0 Å². The molecule has 0 bridgehead atoms. The maximum absolute atomic E-state index is 11.3. The number of hydrogen-bond acceptors (Lipinski definition) is 3. The summed E-state index contributed by atoms with van der Waals surface area (Å²) in [5, 5.41) is 3.29. The lowest BCUT2D eigenvalue weighted by molar-refractivity contribution is 0.101. The maximum atomic E-state index is 11.3. The molecular weight excluding hydrogens is 200 g/mol. The molecule has 1 rings (SSSR count). The number of carbonyl (C=O) groups is 1. The lowest BCUT2D eigenvalue weighted by Gasteiger charge is -2.10. The van der Waals surface area contributed by atoms with Crippen molar-refractivity contribution in [3.05, 3.63) is 23.8 Å². The molecular formula is C13H20N2O. The van der Waals surface area contributed by atoms with Gasteiger partial charge in [0.25, 0.3) is 0 Å². The van der Waals surface area contributed by atoms with Gasteiger partial charge in [-0.05, 0) is 37.5 Å². The van der Waals surface area contributed by atoms with Crippen LogP contribution < -0.4 is 11.1 Å². The van der Waals surface area contributed by atoms with Crippen LogP contribution in [0.3, 0.4) is 0 Å². The molecule has 1 aromatic carbocycles. The Morgan fingerprint density at radius 1 is 1.44 bits per heavy atom. The van der Waals surface area contributed by atoms with E-state index in [-0.39, 0.29) is 5.78 Å². The number of anilines is 2. The molecule has 0 heterocycles. The zero-order chi connectivity index (χ0) is 12.1. The summed E-state index contributed by atoms with van der Waals surface area (Å²) >= 11 is 0. The normalized spacial score (nSPS) is 10.5. The lowest BCUT2D eigenvalue weighted by Crippen LogP contribution is -2.06. The Kier molecular flexibility index (Phi) is 4.35. The molecule has 0 aromatic heterocycles. The number of carbonyl (C=O) groups excluding carboxylic acids is 1. The molecule has 1 aromatic rings. The Hall–Kier alpha value is -1.51. The largest absolute Gasteiger partial charge is 0.398 e. The maximum Gasteiger partial charge on any atom is 0.161 e. The van der Waals surface area contributed by atoms with Crippen LogP contribution in [0.4, 0.5) is 11.4 Å². The SMILES string of the molecule is CC(=O)c1cc(NCCC(C)C)ccc1N. The Morgan fingerprint density at radius 3 is 2.69 bits per heavy atom. The molecule has 0 radical (unpaired) electrons. The van der Waals surface area contributed by atoms with E-state index in [4.69, 9.17) is 5.73 Å². The third-order valence-corrected chi connectivity index (χ3v) is 2.48. The summed E-state index contributed by atoms with van der Waals surface area (Å²) in [5.41, 5.74) is 7.81. The number of rotatable bonds is 5. The number of nitrogen functional groups attached to an aromatic ring is 1. The summed E-state index contributed by atoms with van der Waals surface area (Å²) in [6.07, 6.45) is 1.11. The number of nitrogens with two attached hydrogens (primary N) is 1. The van der Waals surface area contributed by atoms with E-state index in [1.54, 1.807) is 6.07 Å². The van der Waals surface area contributed by atoms with Crippen LogP contribution in [0.1, 0.15) is 37.6 Å². The first-order valence-electron chi connectivity index (χ1n) is 5.65. The first kappa shape index (κ1) is 12.6. The van der Waals surface area contributed by atoms with Gasteiger partial charge < -0.3 is 11.1 Å². The van der Waals surface area contributed by atoms with Gasteiger partial charge >= 0.3 is 0 Å². The van der Waals surface area contributed by atoms with Crippen LogP contribution >= 0.6 is 0 Å². The van der Waals surface area contributed by atoms with Crippen molar-refractivity contribution in [2.45, 2.75) is 27.2 Å². The zero-order valence-electron chi connectivity index (χ0n) is 10.2. The van der Waals surface area contributed by atoms with E-state index in [9.17, 15) is 4.79 Å². The summed E-state index contributed by atoms with van der Waals surface area (Å²) in [5.74, 6) is 0.679. The molecule has 0 aliphatic rings. The van der Waals surface area contributed by atoms with Gasteiger partial charge in [0.05, 0.1) is 0 Å². The van der Waals surface area contributed by atoms with Crippen molar-refractivity contribution >= 4 is 17.2 Å². The molecule has 16 heavy (non-hydrogen) atoms. The fourth-order valence-electron chi connectivity index (χ4n) is 1.48. The van der Waals surface area contributed by atoms with Crippen LogP contribution in [0.25, 0.3) is 0 Å². The van der Waals surface area contributed by atoms with Gasteiger partial charge in [0, 0.05) is 23.5 Å². The van der Waals surface area contributed by atoms with Gasteiger partial charge in [-0.15, -0.1) is 0 Å². The zero-order valence-corrected chi connectivity index (χ0v) is 10.2. The van der Waals surface area contributed by atoms with Crippen LogP contribution in [0.15, 0.2) is 18.2 Å². The Balaban J connectivity index is 2.68. The predicted molar refractivity (Wildman–Crippen MR) is 68.8 cm³/mol. The highest BCUT2D eigenvalue weighted by molar-refractivity contribution is 5.99. The Labute approximate surface area is 97.0 Å². The number of nitrogens with one attached hydrogen (secondary N) is 1. The Bertz CT molecular complexity index is 372. The number of ketones is 1. The van der Waals surface area contributed by atoms with Crippen molar-refractivity contribution in [1.82, 2.24) is 0 Å². The second kappa shape index (κ2) is 5.54. The second-order valence-electron chi connectivity index (χ2n) is 4.47. The third kappa shape index (κ3) is 3.57. The minimum atomic E-state index is 0.00464. The van der Waals surface area contributed by atoms with Crippen LogP contribution in [-0.4, -0.2) is 12.3 Å². The molecule has 0 unspecified atom stereocenters. The molecule has 0 saturated carbocycles. The van der Waals surface area contributed by atoms with Gasteiger partial charge in [0.1, 0.15) is 0 Å². The van der Waals surface area contributed by atoms with Gasteiger partial charge in [-0.3, -0.25) is 4.79 Å². The standard InChI is InChI=1S/C13H20N2O/c1-9(2)6-7-15-11-4-5-13(14)12(8-11)10(3)16/h4-5,8-9,15H,6-7,14H2,1-3H3. The van der Waals surface area contributed by atoms with E-state index >= 15 is 0 Å². The molecule has 0 fully saturated rings. The molecule has 0 atom stereocenters. The molecule has 3 N–H and O–H groups in total. The molecule has 0 amide bonds. The summed E-state index contributed by atoms with van der Waals surface area (Å²) in [6.45, 7) is 6.82. The van der Waals surface area contributed by atoms with E-state index in [0.29, 0.717) is 17.2 Å². The van der Waals surface area contributed by atoms with Crippen molar-refractivity contribution in [3.8, 4) is 0 Å². The van der Waals surface area contributed by atoms with Crippen LogP contribution in [0, 0.1) is 5.92 Å². The van der Waals surface area contributed by atoms with Crippen molar-refractivity contribution < 1.29 is 4.79 Å².